The number of hydrogen-bond donors (Lipinski definition) is 0. The van der Waals surface area contributed by atoms with Crippen LogP contribution in [0.15, 0.2) is 24.3 Å². The Morgan fingerprint density at radius 2 is 1.88 bits per heavy atom. The van der Waals surface area contributed by atoms with Gasteiger partial charge in [-0.05, 0) is 37.0 Å². The first-order valence-corrected chi connectivity index (χ1v) is 11.2. The molecular formula is C24H30FN5O2. The second-order valence-corrected chi connectivity index (χ2v) is 8.82. The maximum atomic E-state index is 13.2. The summed E-state index contributed by atoms with van der Waals surface area (Å²) in [6, 6.07) is 5.91. The fraction of sp³-hybridized carbons (Fsp3) is 0.500. The van der Waals surface area contributed by atoms with Crippen molar-refractivity contribution in [2.75, 3.05) is 32.1 Å². The van der Waals surface area contributed by atoms with Gasteiger partial charge in [-0.3, -0.25) is 9.59 Å². The lowest BCUT2D eigenvalue weighted by Crippen LogP contribution is -2.41. The van der Waals surface area contributed by atoms with Gasteiger partial charge >= 0.3 is 0 Å². The van der Waals surface area contributed by atoms with Gasteiger partial charge in [0.25, 0.3) is 0 Å². The number of piperidine rings is 1. The number of nitrogens with zero attached hydrogens (tertiary/aromatic N) is 5. The van der Waals surface area contributed by atoms with Crippen molar-refractivity contribution < 1.29 is 14.0 Å². The molecule has 2 amide bonds. The number of rotatable bonds is 4. The molecular weight excluding hydrogens is 409 g/mol. The molecule has 0 bridgehead atoms. The standard InChI is InChI=1S/C24H30FN5O2/c1-16(31)29-13-11-20-19(15-29)24(28(2)3)27-23(26-20)21-6-4-5-12-30(21)22(32)14-17-7-9-18(25)10-8-17/h7-10,21H,4-6,11-15H2,1-3H3/t21-/m1/s1. The summed E-state index contributed by atoms with van der Waals surface area (Å²) in [5.74, 6) is 1.24. The first-order chi connectivity index (χ1) is 15.3. The molecule has 32 heavy (non-hydrogen) atoms. The second kappa shape index (κ2) is 9.22. The molecule has 1 atom stereocenters. The van der Waals surface area contributed by atoms with E-state index in [1.54, 1.807) is 19.1 Å². The number of anilines is 1. The average Bonchev–Trinajstić information content (AvgIpc) is 2.79. The molecule has 7 nitrogen and oxygen atoms in total. The lowest BCUT2D eigenvalue weighted by molar-refractivity contribution is -0.134. The van der Waals surface area contributed by atoms with Crippen LogP contribution in [-0.4, -0.2) is 58.8 Å². The maximum absolute atomic E-state index is 13.2. The van der Waals surface area contributed by atoms with Crippen LogP contribution >= 0.6 is 0 Å². The van der Waals surface area contributed by atoms with Crippen LogP contribution in [0.5, 0.6) is 0 Å². The Morgan fingerprint density at radius 3 is 2.56 bits per heavy atom. The van der Waals surface area contributed by atoms with Crippen LogP contribution in [0.3, 0.4) is 0 Å². The molecule has 0 N–H and O–H groups in total. The quantitative estimate of drug-likeness (QED) is 0.733. The predicted molar refractivity (Wildman–Crippen MR) is 120 cm³/mol. The topological polar surface area (TPSA) is 69.6 Å². The van der Waals surface area contributed by atoms with Crippen molar-refractivity contribution in [1.82, 2.24) is 19.8 Å². The minimum atomic E-state index is -0.306. The summed E-state index contributed by atoms with van der Waals surface area (Å²) in [7, 11) is 3.88. The second-order valence-electron chi connectivity index (χ2n) is 8.82. The zero-order valence-electron chi connectivity index (χ0n) is 19.0. The van der Waals surface area contributed by atoms with E-state index in [0.717, 1.165) is 41.9 Å². The number of carbonyl (C=O) groups excluding carboxylic acids is 2. The summed E-state index contributed by atoms with van der Waals surface area (Å²) >= 11 is 0. The van der Waals surface area contributed by atoms with Crippen LogP contribution in [0.4, 0.5) is 10.2 Å². The third kappa shape index (κ3) is 4.59. The van der Waals surface area contributed by atoms with Gasteiger partial charge in [0.15, 0.2) is 5.82 Å². The number of halogens is 1. The molecule has 1 fully saturated rings. The monoisotopic (exact) mass is 439 g/mol. The molecule has 3 heterocycles. The minimum Gasteiger partial charge on any atom is -0.362 e. The Bertz CT molecular complexity index is 1010. The van der Waals surface area contributed by atoms with Crippen LogP contribution < -0.4 is 4.90 Å². The molecule has 2 aromatic rings. The number of likely N-dealkylation sites (tertiary alicyclic amines) is 1. The Morgan fingerprint density at radius 1 is 1.12 bits per heavy atom. The third-order valence-electron chi connectivity index (χ3n) is 6.31. The average molecular weight is 440 g/mol. The van der Waals surface area contributed by atoms with Gasteiger partial charge in [0, 0.05) is 46.1 Å². The number of hydrogen-bond acceptors (Lipinski definition) is 5. The van der Waals surface area contributed by atoms with Crippen molar-refractivity contribution in [3.63, 3.8) is 0 Å². The first-order valence-electron chi connectivity index (χ1n) is 11.2. The molecule has 1 saturated heterocycles. The number of benzene rings is 1. The summed E-state index contributed by atoms with van der Waals surface area (Å²) in [5.41, 5.74) is 2.75. The lowest BCUT2D eigenvalue weighted by atomic mass is 9.98. The molecule has 1 aromatic heterocycles. The van der Waals surface area contributed by atoms with E-state index in [4.69, 9.17) is 9.97 Å². The van der Waals surface area contributed by atoms with Crippen molar-refractivity contribution in [3.05, 3.63) is 52.7 Å². The van der Waals surface area contributed by atoms with E-state index in [-0.39, 0.29) is 30.1 Å². The summed E-state index contributed by atoms with van der Waals surface area (Å²) in [6.45, 7) is 3.41. The highest BCUT2D eigenvalue weighted by molar-refractivity contribution is 5.79. The molecule has 4 rings (SSSR count). The van der Waals surface area contributed by atoms with E-state index < -0.39 is 0 Å². The lowest BCUT2D eigenvalue weighted by Gasteiger charge is -2.36. The van der Waals surface area contributed by atoms with Gasteiger partial charge in [0.05, 0.1) is 24.7 Å². The molecule has 0 saturated carbocycles. The minimum absolute atomic E-state index is 0.0109. The summed E-state index contributed by atoms with van der Waals surface area (Å²) in [4.78, 5) is 40.5. The fourth-order valence-electron chi connectivity index (χ4n) is 4.58. The summed E-state index contributed by atoms with van der Waals surface area (Å²) in [5, 5.41) is 0. The Hall–Kier alpha value is -3.03. The van der Waals surface area contributed by atoms with Crippen molar-refractivity contribution in [2.45, 2.75) is 51.6 Å². The third-order valence-corrected chi connectivity index (χ3v) is 6.31. The number of aromatic nitrogens is 2. The van der Waals surface area contributed by atoms with E-state index in [0.29, 0.717) is 31.9 Å². The zero-order chi connectivity index (χ0) is 22.8. The maximum Gasteiger partial charge on any atom is 0.227 e. The Balaban J connectivity index is 1.63. The van der Waals surface area contributed by atoms with Gasteiger partial charge in [-0.1, -0.05) is 12.1 Å². The molecule has 8 heteroatoms. The Kier molecular flexibility index (Phi) is 6.39. The fourth-order valence-corrected chi connectivity index (χ4v) is 4.58. The van der Waals surface area contributed by atoms with Gasteiger partial charge in [-0.2, -0.15) is 0 Å². The summed E-state index contributed by atoms with van der Waals surface area (Å²) in [6.07, 6.45) is 3.70. The SMILES string of the molecule is CC(=O)N1CCc2nc([C@H]3CCCCN3C(=O)Cc3ccc(F)cc3)nc(N(C)C)c2C1. The van der Waals surface area contributed by atoms with E-state index in [1.807, 2.05) is 28.8 Å². The highest BCUT2D eigenvalue weighted by atomic mass is 19.1. The highest BCUT2D eigenvalue weighted by Crippen LogP contribution is 2.33. The van der Waals surface area contributed by atoms with Gasteiger partial charge in [-0.15, -0.1) is 0 Å². The van der Waals surface area contributed by atoms with Crippen LogP contribution in [0.25, 0.3) is 0 Å². The van der Waals surface area contributed by atoms with Crippen LogP contribution in [0.2, 0.25) is 0 Å². The zero-order valence-corrected chi connectivity index (χ0v) is 19.0. The van der Waals surface area contributed by atoms with Crippen LogP contribution in [-0.2, 0) is 29.0 Å². The van der Waals surface area contributed by atoms with Crippen LogP contribution in [0, 0.1) is 5.82 Å². The van der Waals surface area contributed by atoms with Crippen molar-refractivity contribution in [2.24, 2.45) is 0 Å². The molecule has 2 aliphatic rings. The van der Waals surface area contributed by atoms with E-state index in [1.165, 1.54) is 12.1 Å². The Labute approximate surface area is 188 Å². The molecule has 1 aromatic carbocycles. The molecule has 0 aliphatic carbocycles. The molecule has 170 valence electrons. The van der Waals surface area contributed by atoms with Crippen molar-refractivity contribution in [1.29, 1.82) is 0 Å². The molecule has 0 radical (unpaired) electrons. The largest absolute Gasteiger partial charge is 0.362 e. The van der Waals surface area contributed by atoms with Crippen molar-refractivity contribution in [3.8, 4) is 0 Å². The first kappa shape index (κ1) is 22.2. The van der Waals surface area contributed by atoms with Gasteiger partial charge in [0.1, 0.15) is 11.6 Å². The van der Waals surface area contributed by atoms with E-state index >= 15 is 0 Å². The highest BCUT2D eigenvalue weighted by Gasteiger charge is 2.32. The van der Waals surface area contributed by atoms with E-state index in [9.17, 15) is 14.0 Å². The van der Waals surface area contributed by atoms with Gasteiger partial charge < -0.3 is 14.7 Å². The smallest absolute Gasteiger partial charge is 0.227 e. The molecule has 0 spiro atoms. The number of amides is 2. The van der Waals surface area contributed by atoms with Crippen LogP contribution in [0.1, 0.15) is 54.9 Å². The van der Waals surface area contributed by atoms with Crippen molar-refractivity contribution >= 4 is 17.6 Å². The predicted octanol–water partition coefficient (Wildman–Crippen LogP) is 2.88. The van der Waals surface area contributed by atoms with E-state index in [2.05, 4.69) is 0 Å². The molecule has 0 unspecified atom stereocenters. The number of carbonyl (C=O) groups is 2. The normalized spacial score (nSPS) is 18.3. The van der Waals surface area contributed by atoms with Gasteiger partial charge in [-0.25, -0.2) is 14.4 Å². The molecule has 2 aliphatic heterocycles. The summed E-state index contributed by atoms with van der Waals surface area (Å²) < 4.78 is 13.2. The number of fused-ring (bicyclic) bond motifs is 1. The van der Waals surface area contributed by atoms with Gasteiger partial charge in [0.2, 0.25) is 11.8 Å².